The number of H-pyrrole nitrogens is 1. The van der Waals surface area contributed by atoms with Crippen LogP contribution < -0.4 is 9.47 Å². The molecule has 0 saturated heterocycles. The lowest BCUT2D eigenvalue weighted by Crippen LogP contribution is -2.15. The molecule has 0 aliphatic carbocycles. The average Bonchev–Trinajstić information content (AvgIpc) is 3.02. The predicted octanol–water partition coefficient (Wildman–Crippen LogP) is 3.89. The van der Waals surface area contributed by atoms with Crippen molar-refractivity contribution >= 4 is 10.9 Å². The monoisotopic (exact) mass is 296 g/mol. The summed E-state index contributed by atoms with van der Waals surface area (Å²) in [6, 6.07) is 12.3. The highest BCUT2D eigenvalue weighted by atomic mass is 16.6. The first-order valence-corrected chi connectivity index (χ1v) is 7.54. The highest BCUT2D eigenvalue weighted by molar-refractivity contribution is 5.78. The molecule has 1 aliphatic rings. The summed E-state index contributed by atoms with van der Waals surface area (Å²) in [5, 5.41) is 8.08. The van der Waals surface area contributed by atoms with Gasteiger partial charge in [-0.1, -0.05) is 25.1 Å². The third-order valence-electron chi connectivity index (χ3n) is 3.61. The van der Waals surface area contributed by atoms with E-state index in [0.29, 0.717) is 13.2 Å². The van der Waals surface area contributed by atoms with Gasteiger partial charge in [0, 0.05) is 5.39 Å². The summed E-state index contributed by atoms with van der Waals surface area (Å²) >= 11 is 0. The molecule has 22 heavy (non-hydrogen) atoms. The molecule has 0 bridgehead atoms. The number of nitrogens with one attached hydrogen (secondary N) is 1. The van der Waals surface area contributed by atoms with Gasteiger partial charge in [0.05, 0.1) is 11.7 Å². The molecule has 0 saturated carbocycles. The van der Waals surface area contributed by atoms with E-state index in [9.17, 15) is 0 Å². The first kappa shape index (κ1) is 14.4. The van der Waals surface area contributed by atoms with Gasteiger partial charge in [-0.25, -0.2) is 0 Å². The van der Waals surface area contributed by atoms with Crippen LogP contribution in [0.15, 0.2) is 42.6 Å². The minimum Gasteiger partial charge on any atom is -0.486 e. The number of aromatic nitrogens is 2. The molecule has 0 amide bonds. The van der Waals surface area contributed by atoms with Gasteiger partial charge in [0.25, 0.3) is 0 Å². The summed E-state index contributed by atoms with van der Waals surface area (Å²) in [6.07, 6.45) is 2.92. The fourth-order valence-electron chi connectivity index (χ4n) is 2.35. The van der Waals surface area contributed by atoms with Crippen molar-refractivity contribution < 1.29 is 9.47 Å². The highest BCUT2D eigenvalue weighted by Gasteiger charge is 2.09. The van der Waals surface area contributed by atoms with Crippen molar-refractivity contribution in [3.63, 3.8) is 0 Å². The fourth-order valence-corrected chi connectivity index (χ4v) is 2.35. The standard InChI is InChI=1S/C9H10N2.C9H10O2/c1-2-7-3-4-8-6-10-11-9(8)5-7;1-7-2-3-8-9(6-7)11-5-4-10-8/h3-6H,2H2,1H3,(H,10,11);2-3,6H,4-5H2,1H3. The van der Waals surface area contributed by atoms with E-state index in [1.807, 2.05) is 31.3 Å². The number of nitrogens with zero attached hydrogens (tertiary/aromatic N) is 1. The maximum atomic E-state index is 5.38. The van der Waals surface area contributed by atoms with Gasteiger partial charge in [0.15, 0.2) is 11.5 Å². The van der Waals surface area contributed by atoms with Crippen LogP contribution in [0.4, 0.5) is 0 Å². The van der Waals surface area contributed by atoms with Gasteiger partial charge in [-0.2, -0.15) is 5.10 Å². The number of hydrogen-bond acceptors (Lipinski definition) is 3. The van der Waals surface area contributed by atoms with E-state index in [1.165, 1.54) is 16.5 Å². The van der Waals surface area contributed by atoms with Gasteiger partial charge in [0.2, 0.25) is 0 Å². The van der Waals surface area contributed by atoms with Crippen LogP contribution in [-0.4, -0.2) is 23.4 Å². The van der Waals surface area contributed by atoms with Crippen molar-refractivity contribution in [3.05, 3.63) is 53.7 Å². The molecule has 0 spiro atoms. The lowest BCUT2D eigenvalue weighted by atomic mass is 10.1. The summed E-state index contributed by atoms with van der Waals surface area (Å²) in [7, 11) is 0. The number of aryl methyl sites for hydroxylation is 2. The summed E-state index contributed by atoms with van der Waals surface area (Å²) in [5.74, 6) is 1.73. The predicted molar refractivity (Wildman–Crippen MR) is 87.6 cm³/mol. The Labute approximate surface area is 130 Å². The molecule has 114 valence electrons. The first-order chi connectivity index (χ1) is 10.8. The van der Waals surface area contributed by atoms with Crippen LogP contribution in [0.3, 0.4) is 0 Å². The van der Waals surface area contributed by atoms with E-state index in [1.54, 1.807) is 0 Å². The van der Waals surface area contributed by atoms with Crippen LogP contribution in [0.2, 0.25) is 0 Å². The van der Waals surface area contributed by atoms with Crippen molar-refractivity contribution in [2.45, 2.75) is 20.3 Å². The number of hydrogen-bond donors (Lipinski definition) is 1. The number of ether oxygens (including phenoxy) is 2. The Morgan fingerprint density at radius 1 is 1.05 bits per heavy atom. The number of fused-ring (bicyclic) bond motifs is 2. The third-order valence-corrected chi connectivity index (χ3v) is 3.61. The molecule has 3 aromatic rings. The average molecular weight is 296 g/mol. The van der Waals surface area contributed by atoms with E-state index >= 15 is 0 Å². The normalized spacial score (nSPS) is 12.6. The Balaban J connectivity index is 0.000000131. The van der Waals surface area contributed by atoms with Crippen LogP contribution in [-0.2, 0) is 6.42 Å². The second kappa shape index (κ2) is 6.52. The molecule has 0 atom stereocenters. The third kappa shape index (κ3) is 3.22. The number of rotatable bonds is 1. The Morgan fingerprint density at radius 2 is 1.86 bits per heavy atom. The quantitative estimate of drug-likeness (QED) is 0.741. The second-order valence-corrected chi connectivity index (χ2v) is 5.29. The van der Waals surface area contributed by atoms with Gasteiger partial charge < -0.3 is 9.47 Å². The minimum atomic E-state index is 0.663. The van der Waals surface area contributed by atoms with E-state index < -0.39 is 0 Å². The molecule has 0 unspecified atom stereocenters. The zero-order chi connectivity index (χ0) is 15.4. The van der Waals surface area contributed by atoms with Gasteiger partial charge in [-0.15, -0.1) is 0 Å². The number of benzene rings is 2. The van der Waals surface area contributed by atoms with Gasteiger partial charge in [-0.3, -0.25) is 5.10 Å². The fraction of sp³-hybridized carbons (Fsp3) is 0.278. The molecule has 2 aromatic carbocycles. The van der Waals surface area contributed by atoms with Crippen molar-refractivity contribution in [2.75, 3.05) is 13.2 Å². The molecule has 4 rings (SSSR count). The molecule has 4 nitrogen and oxygen atoms in total. The smallest absolute Gasteiger partial charge is 0.161 e. The maximum Gasteiger partial charge on any atom is 0.161 e. The van der Waals surface area contributed by atoms with Crippen molar-refractivity contribution in [1.82, 2.24) is 10.2 Å². The van der Waals surface area contributed by atoms with Crippen molar-refractivity contribution in [2.24, 2.45) is 0 Å². The SMILES string of the molecule is CCc1ccc2cn[nH]c2c1.Cc1ccc2c(c1)OCCO2. The van der Waals surface area contributed by atoms with Crippen molar-refractivity contribution in [3.8, 4) is 11.5 Å². The van der Waals surface area contributed by atoms with Gasteiger partial charge >= 0.3 is 0 Å². The first-order valence-electron chi connectivity index (χ1n) is 7.54. The molecular formula is C18H20N2O2. The lowest BCUT2D eigenvalue weighted by molar-refractivity contribution is 0.171. The summed E-state index contributed by atoms with van der Waals surface area (Å²) in [5.41, 5.74) is 3.68. The van der Waals surface area contributed by atoms with Crippen LogP contribution in [0, 0.1) is 6.92 Å². The van der Waals surface area contributed by atoms with Crippen LogP contribution in [0.25, 0.3) is 10.9 Å². The van der Waals surface area contributed by atoms with E-state index in [2.05, 4.69) is 35.3 Å². The molecule has 0 radical (unpaired) electrons. The van der Waals surface area contributed by atoms with Crippen LogP contribution >= 0.6 is 0 Å². The molecule has 1 N–H and O–H groups in total. The van der Waals surface area contributed by atoms with E-state index in [0.717, 1.165) is 23.4 Å². The summed E-state index contributed by atoms with van der Waals surface area (Å²) in [4.78, 5) is 0. The molecule has 2 heterocycles. The zero-order valence-electron chi connectivity index (χ0n) is 12.9. The zero-order valence-corrected chi connectivity index (χ0v) is 12.9. The maximum absolute atomic E-state index is 5.38. The molecule has 4 heteroatoms. The number of aromatic amines is 1. The Kier molecular flexibility index (Phi) is 4.28. The Hall–Kier alpha value is -2.49. The van der Waals surface area contributed by atoms with E-state index in [-0.39, 0.29) is 0 Å². The van der Waals surface area contributed by atoms with Gasteiger partial charge in [-0.05, 0) is 42.7 Å². The minimum absolute atomic E-state index is 0.663. The van der Waals surface area contributed by atoms with Crippen LogP contribution in [0.5, 0.6) is 11.5 Å². The highest BCUT2D eigenvalue weighted by Crippen LogP contribution is 2.30. The summed E-state index contributed by atoms with van der Waals surface area (Å²) in [6.45, 7) is 5.52. The van der Waals surface area contributed by atoms with E-state index in [4.69, 9.17) is 9.47 Å². The molecule has 1 aromatic heterocycles. The molecular weight excluding hydrogens is 276 g/mol. The Bertz CT molecular complexity index is 765. The lowest BCUT2D eigenvalue weighted by Gasteiger charge is -2.18. The molecule has 0 fully saturated rings. The van der Waals surface area contributed by atoms with Gasteiger partial charge in [0.1, 0.15) is 13.2 Å². The largest absolute Gasteiger partial charge is 0.486 e. The summed E-state index contributed by atoms with van der Waals surface area (Å²) < 4.78 is 10.7. The van der Waals surface area contributed by atoms with Crippen molar-refractivity contribution in [1.29, 1.82) is 0 Å². The van der Waals surface area contributed by atoms with Crippen LogP contribution in [0.1, 0.15) is 18.1 Å². The second-order valence-electron chi connectivity index (χ2n) is 5.29. The topological polar surface area (TPSA) is 47.1 Å². The Morgan fingerprint density at radius 3 is 2.68 bits per heavy atom. The molecule has 1 aliphatic heterocycles.